The van der Waals surface area contributed by atoms with Crippen molar-refractivity contribution in [3.05, 3.63) is 58.8 Å². The van der Waals surface area contributed by atoms with E-state index in [9.17, 15) is 4.79 Å². The van der Waals surface area contributed by atoms with Gasteiger partial charge in [-0.3, -0.25) is 9.69 Å². The molecule has 1 aromatic carbocycles. The summed E-state index contributed by atoms with van der Waals surface area (Å²) in [4.78, 5) is 20.8. The number of hydrogen-bond acceptors (Lipinski definition) is 6. The summed E-state index contributed by atoms with van der Waals surface area (Å²) < 4.78 is 11.2. The number of thiophene rings is 1. The van der Waals surface area contributed by atoms with Crippen LogP contribution < -0.4 is 10.1 Å². The van der Waals surface area contributed by atoms with Crippen LogP contribution in [0.15, 0.2) is 46.2 Å². The lowest BCUT2D eigenvalue weighted by atomic mass is 9.97. The van der Waals surface area contributed by atoms with Crippen LogP contribution in [0.25, 0.3) is 10.8 Å². The quantitative estimate of drug-likeness (QED) is 0.613. The minimum absolute atomic E-state index is 0.0163. The first-order chi connectivity index (χ1) is 14.6. The average Bonchev–Trinajstić information content (AvgIpc) is 3.43. The van der Waals surface area contributed by atoms with Crippen LogP contribution >= 0.6 is 11.3 Å². The van der Waals surface area contributed by atoms with E-state index in [0.29, 0.717) is 19.0 Å². The van der Waals surface area contributed by atoms with Crippen molar-refractivity contribution in [2.24, 2.45) is 5.92 Å². The summed E-state index contributed by atoms with van der Waals surface area (Å²) in [5.41, 5.74) is 1.94. The molecule has 0 bridgehead atoms. The lowest BCUT2D eigenvalue weighted by Crippen LogP contribution is -2.42. The molecule has 2 aromatic heterocycles. The topological polar surface area (TPSA) is 67.6 Å². The number of oxazole rings is 1. The highest BCUT2D eigenvalue weighted by atomic mass is 32.1. The average molecular weight is 426 g/mol. The number of carbonyl (C=O) groups is 1. The molecule has 1 amide bonds. The minimum atomic E-state index is -0.0163. The van der Waals surface area contributed by atoms with E-state index in [2.05, 4.69) is 10.2 Å². The van der Waals surface area contributed by atoms with Crippen LogP contribution in [0.2, 0.25) is 0 Å². The van der Waals surface area contributed by atoms with Crippen molar-refractivity contribution in [3.8, 4) is 16.5 Å². The largest absolute Gasteiger partial charge is 0.496 e. The molecule has 1 atom stereocenters. The van der Waals surface area contributed by atoms with Gasteiger partial charge in [-0.05, 0) is 43.8 Å². The molecule has 3 heterocycles. The number of benzene rings is 1. The number of amides is 1. The van der Waals surface area contributed by atoms with Crippen LogP contribution in [-0.4, -0.2) is 36.0 Å². The molecular weight excluding hydrogens is 398 g/mol. The van der Waals surface area contributed by atoms with Gasteiger partial charge in [0, 0.05) is 25.2 Å². The maximum atomic E-state index is 12.8. The van der Waals surface area contributed by atoms with E-state index in [1.54, 1.807) is 18.4 Å². The molecule has 6 nitrogen and oxygen atoms in total. The summed E-state index contributed by atoms with van der Waals surface area (Å²) >= 11 is 1.62. The lowest BCUT2D eigenvalue weighted by molar-refractivity contribution is -0.127. The molecule has 158 valence electrons. The van der Waals surface area contributed by atoms with Gasteiger partial charge in [-0.15, -0.1) is 11.3 Å². The van der Waals surface area contributed by atoms with Gasteiger partial charge in [-0.2, -0.15) is 0 Å². The van der Waals surface area contributed by atoms with Crippen molar-refractivity contribution in [2.45, 2.75) is 32.9 Å². The van der Waals surface area contributed by atoms with E-state index < -0.39 is 0 Å². The van der Waals surface area contributed by atoms with Crippen molar-refractivity contribution in [1.82, 2.24) is 15.2 Å². The molecule has 1 aliphatic rings. The number of para-hydroxylation sites is 1. The Balaban J connectivity index is 1.35. The first-order valence-electron chi connectivity index (χ1n) is 10.3. The molecule has 7 heteroatoms. The third-order valence-electron chi connectivity index (χ3n) is 5.52. The van der Waals surface area contributed by atoms with Gasteiger partial charge in [0.15, 0.2) is 0 Å². The molecule has 30 heavy (non-hydrogen) atoms. The van der Waals surface area contributed by atoms with E-state index in [0.717, 1.165) is 53.6 Å². The third kappa shape index (κ3) is 4.74. The number of aromatic nitrogens is 1. The van der Waals surface area contributed by atoms with Crippen molar-refractivity contribution in [3.63, 3.8) is 0 Å². The summed E-state index contributed by atoms with van der Waals surface area (Å²) in [6.07, 6.45) is 1.91. The van der Waals surface area contributed by atoms with Crippen LogP contribution in [0.5, 0.6) is 5.75 Å². The molecule has 1 N–H and O–H groups in total. The van der Waals surface area contributed by atoms with Gasteiger partial charge >= 0.3 is 0 Å². The Morgan fingerprint density at radius 1 is 1.33 bits per heavy atom. The molecule has 0 spiro atoms. The summed E-state index contributed by atoms with van der Waals surface area (Å²) in [7, 11) is 1.65. The van der Waals surface area contributed by atoms with Gasteiger partial charge in [0.05, 0.1) is 23.6 Å². The SMILES string of the molecule is COc1ccccc1CNC(=O)C1CCCN(Cc2nc(-c3cccs3)oc2C)C1. The molecular formula is C23H27N3O3S. The monoisotopic (exact) mass is 425 g/mol. The first-order valence-corrected chi connectivity index (χ1v) is 11.1. The fraction of sp³-hybridized carbons (Fsp3) is 0.391. The highest BCUT2D eigenvalue weighted by molar-refractivity contribution is 7.13. The number of rotatable bonds is 7. The first kappa shape index (κ1) is 20.6. The lowest BCUT2D eigenvalue weighted by Gasteiger charge is -2.31. The van der Waals surface area contributed by atoms with Gasteiger partial charge in [0.25, 0.3) is 0 Å². The molecule has 0 saturated carbocycles. The normalized spacial score (nSPS) is 17.1. The van der Waals surface area contributed by atoms with E-state index in [4.69, 9.17) is 14.1 Å². The van der Waals surface area contributed by atoms with Crippen molar-refractivity contribution >= 4 is 17.2 Å². The fourth-order valence-electron chi connectivity index (χ4n) is 3.88. The Labute approximate surface area is 180 Å². The minimum Gasteiger partial charge on any atom is -0.496 e. The summed E-state index contributed by atoms with van der Waals surface area (Å²) in [5, 5.41) is 5.10. The molecule has 1 saturated heterocycles. The zero-order valence-electron chi connectivity index (χ0n) is 17.4. The Morgan fingerprint density at radius 2 is 2.20 bits per heavy atom. The van der Waals surface area contributed by atoms with Crippen molar-refractivity contribution in [2.75, 3.05) is 20.2 Å². The van der Waals surface area contributed by atoms with Gasteiger partial charge in [0.2, 0.25) is 11.8 Å². The Morgan fingerprint density at radius 3 is 3.00 bits per heavy atom. The van der Waals surface area contributed by atoms with E-state index in [1.165, 1.54) is 0 Å². The van der Waals surface area contributed by atoms with Crippen LogP contribution in [-0.2, 0) is 17.9 Å². The van der Waals surface area contributed by atoms with Crippen molar-refractivity contribution in [1.29, 1.82) is 0 Å². The molecule has 3 aromatic rings. The molecule has 0 radical (unpaired) electrons. The zero-order valence-corrected chi connectivity index (χ0v) is 18.2. The Hall–Kier alpha value is -2.64. The van der Waals surface area contributed by atoms with E-state index in [-0.39, 0.29) is 11.8 Å². The molecule has 1 unspecified atom stereocenters. The zero-order chi connectivity index (χ0) is 20.9. The number of piperidine rings is 1. The molecule has 0 aliphatic carbocycles. The second-order valence-corrected chi connectivity index (χ2v) is 8.55. The van der Waals surface area contributed by atoms with Crippen LogP contribution in [0.4, 0.5) is 0 Å². The maximum absolute atomic E-state index is 12.8. The Bertz CT molecular complexity index is 984. The van der Waals surface area contributed by atoms with E-state index in [1.807, 2.05) is 48.7 Å². The highest BCUT2D eigenvalue weighted by Gasteiger charge is 2.27. The van der Waals surface area contributed by atoms with Crippen LogP contribution in [0.3, 0.4) is 0 Å². The van der Waals surface area contributed by atoms with Crippen LogP contribution in [0, 0.1) is 12.8 Å². The smallest absolute Gasteiger partial charge is 0.236 e. The second-order valence-electron chi connectivity index (χ2n) is 7.60. The standard InChI is InChI=1S/C23H27N3O3S/c1-16-19(25-23(29-16)21-10-6-12-30-21)15-26-11-5-8-18(14-26)22(27)24-13-17-7-3-4-9-20(17)28-2/h3-4,6-7,9-10,12,18H,5,8,11,13-15H2,1-2H3,(H,24,27). The molecule has 4 rings (SSSR count). The van der Waals surface area contributed by atoms with Crippen LogP contribution in [0.1, 0.15) is 29.9 Å². The molecule has 1 aliphatic heterocycles. The predicted octanol–water partition coefficient (Wildman–Crippen LogP) is 4.25. The highest BCUT2D eigenvalue weighted by Crippen LogP contribution is 2.27. The van der Waals surface area contributed by atoms with E-state index >= 15 is 0 Å². The number of aryl methyl sites for hydroxylation is 1. The van der Waals surface area contributed by atoms with Gasteiger partial charge in [-0.25, -0.2) is 4.98 Å². The molecule has 1 fully saturated rings. The van der Waals surface area contributed by atoms with Crippen molar-refractivity contribution < 1.29 is 13.9 Å². The number of methoxy groups -OCH3 is 1. The summed E-state index contributed by atoms with van der Waals surface area (Å²) in [6.45, 7) is 4.85. The third-order valence-corrected chi connectivity index (χ3v) is 6.38. The predicted molar refractivity (Wildman–Crippen MR) is 117 cm³/mol. The Kier molecular flexibility index (Phi) is 6.50. The number of ether oxygens (including phenoxy) is 1. The second kappa shape index (κ2) is 9.45. The number of nitrogens with one attached hydrogen (secondary N) is 1. The summed E-state index contributed by atoms with van der Waals surface area (Å²) in [5.74, 6) is 2.41. The van der Waals surface area contributed by atoms with Gasteiger partial charge < -0.3 is 14.5 Å². The fourth-order valence-corrected chi connectivity index (χ4v) is 4.53. The van der Waals surface area contributed by atoms with Gasteiger partial charge in [0.1, 0.15) is 11.5 Å². The number of carbonyl (C=O) groups excluding carboxylic acids is 1. The number of hydrogen-bond donors (Lipinski definition) is 1. The number of likely N-dealkylation sites (tertiary alicyclic amines) is 1. The maximum Gasteiger partial charge on any atom is 0.236 e. The number of nitrogens with zero attached hydrogens (tertiary/aromatic N) is 2. The summed E-state index contributed by atoms with van der Waals surface area (Å²) in [6, 6.07) is 11.8. The van der Waals surface area contributed by atoms with Gasteiger partial charge in [-0.1, -0.05) is 24.3 Å².